The van der Waals surface area contributed by atoms with E-state index in [2.05, 4.69) is 56.4 Å². The van der Waals surface area contributed by atoms with Gasteiger partial charge < -0.3 is 4.90 Å². The molecule has 3 N–H and O–H groups in total. The fourth-order valence-corrected chi connectivity index (χ4v) is 3.64. The van der Waals surface area contributed by atoms with Crippen molar-refractivity contribution in [2.75, 3.05) is 43.0 Å². The van der Waals surface area contributed by atoms with E-state index in [-0.39, 0.29) is 18.4 Å². The number of amides is 2. The van der Waals surface area contributed by atoms with Gasteiger partial charge in [0.1, 0.15) is 5.82 Å². The zero-order valence-electron chi connectivity index (χ0n) is 19.8. The summed E-state index contributed by atoms with van der Waals surface area (Å²) in [6.07, 6.45) is 4.34. The number of aryl methyl sites for hydroxylation is 1. The second kappa shape index (κ2) is 13.1. The number of hydrazine groups is 1. The zero-order valence-corrected chi connectivity index (χ0v) is 19.8. The van der Waals surface area contributed by atoms with Crippen LogP contribution in [0.5, 0.6) is 0 Å². The van der Waals surface area contributed by atoms with E-state index >= 15 is 0 Å². The summed E-state index contributed by atoms with van der Waals surface area (Å²) in [6.45, 7) is 11.9. The molecule has 11 nitrogen and oxygen atoms in total. The third-order valence-electron chi connectivity index (χ3n) is 5.67. The Labute approximate surface area is 190 Å². The summed E-state index contributed by atoms with van der Waals surface area (Å²) >= 11 is 0. The molecule has 180 valence electrons. The highest BCUT2D eigenvalue weighted by Gasteiger charge is 2.23. The molecule has 1 fully saturated rings. The average Bonchev–Trinajstić information content (AvgIpc) is 2.81. The molecule has 1 atom stereocenters. The first-order valence-electron chi connectivity index (χ1n) is 11.6. The smallest absolute Gasteiger partial charge is 0.246 e. The molecule has 1 aliphatic rings. The van der Waals surface area contributed by atoms with Crippen LogP contribution in [0.15, 0.2) is 0 Å². The van der Waals surface area contributed by atoms with Crippen molar-refractivity contribution in [3.8, 4) is 0 Å². The van der Waals surface area contributed by atoms with Crippen LogP contribution >= 0.6 is 0 Å². The summed E-state index contributed by atoms with van der Waals surface area (Å²) in [6, 6.07) is 0.508. The van der Waals surface area contributed by atoms with Crippen LogP contribution in [-0.4, -0.2) is 81.2 Å². The van der Waals surface area contributed by atoms with Gasteiger partial charge in [-0.05, 0) is 20.3 Å². The molecule has 2 amide bonds. The second-order valence-corrected chi connectivity index (χ2v) is 8.38. The number of aromatic nitrogens is 3. The van der Waals surface area contributed by atoms with Crippen molar-refractivity contribution >= 4 is 24.2 Å². The number of hydrogen-bond donors (Lipinski definition) is 3. The Balaban J connectivity index is 2.03. The molecule has 11 heteroatoms. The Morgan fingerprint density at radius 2 is 1.88 bits per heavy atom. The minimum atomic E-state index is -0.541. The highest BCUT2D eigenvalue weighted by molar-refractivity contribution is 5.80. The van der Waals surface area contributed by atoms with E-state index in [0.29, 0.717) is 42.1 Å². The van der Waals surface area contributed by atoms with Gasteiger partial charge in [0.25, 0.3) is 0 Å². The van der Waals surface area contributed by atoms with Crippen LogP contribution in [-0.2, 0) is 16.0 Å². The fraction of sp³-hybridized carbons (Fsp3) is 0.762. The number of carbonyl (C=O) groups excluding carboxylic acids is 2. The van der Waals surface area contributed by atoms with E-state index in [9.17, 15) is 14.8 Å². The lowest BCUT2D eigenvalue weighted by Gasteiger charge is -2.37. The lowest BCUT2D eigenvalue weighted by atomic mass is 10.0. The van der Waals surface area contributed by atoms with Crippen LogP contribution in [0.1, 0.15) is 59.2 Å². The predicted molar refractivity (Wildman–Crippen MR) is 122 cm³/mol. The van der Waals surface area contributed by atoms with Gasteiger partial charge in [0, 0.05) is 38.6 Å². The molecule has 1 aromatic heterocycles. The third kappa shape index (κ3) is 7.86. The number of rotatable bonds is 13. The SMILES string of the molecule is CCCCCC(CN(O)C=O)C(=O)NNc1nc(CC)nc(N2CCN(C(C)C)CC2)n1. The van der Waals surface area contributed by atoms with Crippen molar-refractivity contribution in [2.24, 2.45) is 5.92 Å². The molecule has 0 spiro atoms. The third-order valence-corrected chi connectivity index (χ3v) is 5.67. The second-order valence-electron chi connectivity index (χ2n) is 8.38. The summed E-state index contributed by atoms with van der Waals surface area (Å²) in [5, 5.41) is 10.0. The molecule has 0 radical (unpaired) electrons. The highest BCUT2D eigenvalue weighted by atomic mass is 16.5. The van der Waals surface area contributed by atoms with Gasteiger partial charge in [-0.25, -0.2) is 5.06 Å². The minimum absolute atomic E-state index is 0.0660. The van der Waals surface area contributed by atoms with Crippen molar-refractivity contribution < 1.29 is 14.8 Å². The first-order chi connectivity index (χ1) is 15.4. The normalized spacial score (nSPS) is 15.5. The number of unbranched alkanes of at least 4 members (excludes halogenated alkanes) is 2. The van der Waals surface area contributed by atoms with E-state index in [1.54, 1.807) is 0 Å². The van der Waals surface area contributed by atoms with Crippen LogP contribution in [0.3, 0.4) is 0 Å². The first kappa shape index (κ1) is 25.7. The molecule has 1 aliphatic heterocycles. The monoisotopic (exact) mass is 450 g/mol. The van der Waals surface area contributed by atoms with Crippen LogP contribution in [0, 0.1) is 5.92 Å². The number of hydroxylamine groups is 2. The number of carbonyl (C=O) groups is 2. The van der Waals surface area contributed by atoms with Crippen molar-refractivity contribution in [3.05, 3.63) is 5.82 Å². The van der Waals surface area contributed by atoms with Crippen LogP contribution in [0.4, 0.5) is 11.9 Å². The van der Waals surface area contributed by atoms with Gasteiger partial charge in [-0.15, -0.1) is 0 Å². The molecule has 0 aromatic carbocycles. The molecular weight excluding hydrogens is 412 g/mol. The first-order valence-corrected chi connectivity index (χ1v) is 11.6. The largest absolute Gasteiger partial charge is 0.338 e. The summed E-state index contributed by atoms with van der Waals surface area (Å²) in [5.41, 5.74) is 5.44. The summed E-state index contributed by atoms with van der Waals surface area (Å²) < 4.78 is 0. The standard InChI is InChI=1S/C21H38N8O3/c1-5-7-8-9-17(14-29(32)15-30)19(31)25-26-20-22-18(6-2)23-21(24-20)28-12-10-27(11-13-28)16(3)4/h15-17,32H,5-14H2,1-4H3,(H,25,31)(H,22,23,24,26). The zero-order chi connectivity index (χ0) is 23.5. The lowest BCUT2D eigenvalue weighted by molar-refractivity contribution is -0.154. The van der Waals surface area contributed by atoms with E-state index in [0.717, 1.165) is 45.4 Å². The maximum Gasteiger partial charge on any atom is 0.246 e. The molecule has 0 bridgehead atoms. The van der Waals surface area contributed by atoms with Gasteiger partial charge in [-0.3, -0.25) is 30.5 Å². The van der Waals surface area contributed by atoms with Gasteiger partial charge in [0.2, 0.25) is 24.2 Å². The van der Waals surface area contributed by atoms with Crippen molar-refractivity contribution in [1.29, 1.82) is 0 Å². The van der Waals surface area contributed by atoms with Crippen LogP contribution in [0.25, 0.3) is 0 Å². The molecular formula is C21H38N8O3. The number of hydrogen-bond acceptors (Lipinski definition) is 9. The Kier molecular flexibility index (Phi) is 10.5. The molecule has 2 heterocycles. The van der Waals surface area contributed by atoms with Gasteiger partial charge in [-0.1, -0.05) is 33.1 Å². The Morgan fingerprint density at radius 1 is 1.16 bits per heavy atom. The van der Waals surface area contributed by atoms with Crippen LogP contribution < -0.4 is 15.8 Å². The number of piperazine rings is 1. The van der Waals surface area contributed by atoms with E-state index in [4.69, 9.17) is 0 Å². The highest BCUT2D eigenvalue weighted by Crippen LogP contribution is 2.16. The van der Waals surface area contributed by atoms with Crippen LogP contribution in [0.2, 0.25) is 0 Å². The number of anilines is 2. The van der Waals surface area contributed by atoms with Crippen molar-refractivity contribution in [1.82, 2.24) is 30.3 Å². The van der Waals surface area contributed by atoms with Gasteiger partial charge in [-0.2, -0.15) is 15.0 Å². The summed E-state index contributed by atoms with van der Waals surface area (Å²) in [5.74, 6) is 0.641. The molecule has 1 unspecified atom stereocenters. The maximum absolute atomic E-state index is 12.7. The number of nitrogens with one attached hydrogen (secondary N) is 2. The van der Waals surface area contributed by atoms with E-state index in [1.165, 1.54) is 0 Å². The quantitative estimate of drug-likeness (QED) is 0.177. The topological polar surface area (TPSA) is 127 Å². The van der Waals surface area contributed by atoms with Gasteiger partial charge >= 0.3 is 0 Å². The fourth-order valence-electron chi connectivity index (χ4n) is 3.64. The Hall–Kier alpha value is -2.53. The van der Waals surface area contributed by atoms with Crippen molar-refractivity contribution in [2.45, 2.75) is 65.8 Å². The summed E-state index contributed by atoms with van der Waals surface area (Å²) in [7, 11) is 0. The summed E-state index contributed by atoms with van der Waals surface area (Å²) in [4.78, 5) is 41.5. The molecule has 1 saturated heterocycles. The van der Waals surface area contributed by atoms with Gasteiger partial charge in [0.15, 0.2) is 0 Å². The average molecular weight is 451 g/mol. The lowest BCUT2D eigenvalue weighted by Crippen LogP contribution is -2.49. The molecule has 0 aliphatic carbocycles. The predicted octanol–water partition coefficient (Wildman–Crippen LogP) is 1.45. The van der Waals surface area contributed by atoms with E-state index in [1.807, 2.05) is 6.92 Å². The Morgan fingerprint density at radius 3 is 2.47 bits per heavy atom. The molecule has 0 saturated carbocycles. The molecule has 1 aromatic rings. The van der Waals surface area contributed by atoms with E-state index < -0.39 is 5.92 Å². The molecule has 2 rings (SSSR count). The Bertz CT molecular complexity index is 725. The van der Waals surface area contributed by atoms with Gasteiger partial charge in [0.05, 0.1) is 12.5 Å². The maximum atomic E-state index is 12.7. The minimum Gasteiger partial charge on any atom is -0.338 e. The van der Waals surface area contributed by atoms with Crippen molar-refractivity contribution in [3.63, 3.8) is 0 Å². The number of nitrogens with zero attached hydrogens (tertiary/aromatic N) is 6. The molecule has 32 heavy (non-hydrogen) atoms.